The number of β-lactam (4-membered cyclic amide) rings is 1. The predicted molar refractivity (Wildman–Crippen MR) is 73.3 cm³/mol. The summed E-state index contributed by atoms with van der Waals surface area (Å²) in [6.45, 7) is 3.62. The molecule has 0 aromatic carbocycles. The van der Waals surface area contributed by atoms with Gasteiger partial charge in [-0.3, -0.25) is 9.69 Å². The standard InChI is InChI=1S/C11H14N2O3S2/c1-2-3-17-4-6-5-18-10-7(12)9(14)13(10)8(6)11(15)16/h2,7,10H,1,3-5,12H2,(H,15,16)/t7?,10-/m1/s1. The lowest BCUT2D eigenvalue weighted by molar-refractivity contribution is -0.147. The zero-order valence-electron chi connectivity index (χ0n) is 9.67. The minimum Gasteiger partial charge on any atom is -0.477 e. The maximum Gasteiger partial charge on any atom is 0.352 e. The van der Waals surface area contributed by atoms with Gasteiger partial charge in [-0.05, 0) is 5.57 Å². The van der Waals surface area contributed by atoms with E-state index in [0.717, 1.165) is 11.3 Å². The van der Waals surface area contributed by atoms with E-state index in [9.17, 15) is 14.7 Å². The molecule has 98 valence electrons. The molecule has 1 saturated heterocycles. The van der Waals surface area contributed by atoms with E-state index < -0.39 is 12.0 Å². The van der Waals surface area contributed by atoms with Crippen molar-refractivity contribution in [3.63, 3.8) is 0 Å². The summed E-state index contributed by atoms with van der Waals surface area (Å²) in [5.74, 6) is 0.642. The molecule has 1 fully saturated rings. The van der Waals surface area contributed by atoms with Crippen LogP contribution in [0, 0.1) is 0 Å². The van der Waals surface area contributed by atoms with Gasteiger partial charge in [0.15, 0.2) is 0 Å². The van der Waals surface area contributed by atoms with Crippen LogP contribution in [0.5, 0.6) is 0 Å². The molecule has 0 aliphatic carbocycles. The Kier molecular flexibility index (Phi) is 4.04. The van der Waals surface area contributed by atoms with Gasteiger partial charge in [-0.1, -0.05) is 6.08 Å². The number of hydrogen-bond acceptors (Lipinski definition) is 5. The average molecular weight is 286 g/mol. The molecule has 0 spiro atoms. The maximum absolute atomic E-state index is 11.7. The van der Waals surface area contributed by atoms with E-state index in [-0.39, 0.29) is 17.0 Å². The summed E-state index contributed by atoms with van der Waals surface area (Å²) in [7, 11) is 0. The van der Waals surface area contributed by atoms with Gasteiger partial charge in [0, 0.05) is 17.3 Å². The van der Waals surface area contributed by atoms with Crippen molar-refractivity contribution in [2.24, 2.45) is 5.73 Å². The first kappa shape index (κ1) is 13.5. The van der Waals surface area contributed by atoms with Crippen molar-refractivity contribution < 1.29 is 14.7 Å². The van der Waals surface area contributed by atoms with E-state index in [1.165, 1.54) is 16.7 Å². The Morgan fingerprint density at radius 2 is 2.44 bits per heavy atom. The average Bonchev–Trinajstić information content (AvgIpc) is 2.37. The van der Waals surface area contributed by atoms with E-state index in [1.54, 1.807) is 17.8 Å². The van der Waals surface area contributed by atoms with Crippen molar-refractivity contribution in [2.75, 3.05) is 17.3 Å². The fraction of sp³-hybridized carbons (Fsp3) is 0.455. The number of carboxylic acids is 1. The fourth-order valence-electron chi connectivity index (χ4n) is 1.96. The first-order valence-corrected chi connectivity index (χ1v) is 7.62. The van der Waals surface area contributed by atoms with E-state index in [0.29, 0.717) is 11.5 Å². The number of rotatable bonds is 5. The molecule has 0 aromatic rings. The summed E-state index contributed by atoms with van der Waals surface area (Å²) in [5, 5.41) is 9.05. The summed E-state index contributed by atoms with van der Waals surface area (Å²) >= 11 is 3.12. The van der Waals surface area contributed by atoms with Crippen molar-refractivity contribution in [1.82, 2.24) is 4.90 Å². The number of carbonyl (C=O) groups is 2. The fourth-order valence-corrected chi connectivity index (χ4v) is 4.15. The number of thioether (sulfide) groups is 2. The molecule has 2 aliphatic rings. The van der Waals surface area contributed by atoms with E-state index in [4.69, 9.17) is 5.73 Å². The lowest BCUT2D eigenvalue weighted by Crippen LogP contribution is -2.68. The van der Waals surface area contributed by atoms with Crippen LogP contribution in [0.25, 0.3) is 0 Å². The lowest BCUT2D eigenvalue weighted by atomic mass is 10.0. The molecule has 2 aliphatic heterocycles. The third-order valence-corrected chi connectivity index (χ3v) is 5.19. The highest BCUT2D eigenvalue weighted by Crippen LogP contribution is 2.40. The van der Waals surface area contributed by atoms with Gasteiger partial charge in [-0.15, -0.1) is 18.3 Å². The van der Waals surface area contributed by atoms with Crippen molar-refractivity contribution in [3.05, 3.63) is 23.9 Å². The van der Waals surface area contributed by atoms with Crippen LogP contribution in [0.4, 0.5) is 0 Å². The van der Waals surface area contributed by atoms with Gasteiger partial charge in [0.1, 0.15) is 17.1 Å². The van der Waals surface area contributed by atoms with Crippen LogP contribution in [0.2, 0.25) is 0 Å². The second kappa shape index (κ2) is 5.38. The monoisotopic (exact) mass is 286 g/mol. The highest BCUT2D eigenvalue weighted by molar-refractivity contribution is 8.01. The van der Waals surface area contributed by atoms with E-state index in [1.807, 2.05) is 0 Å². The minimum atomic E-state index is -1.05. The Labute approximate surface area is 113 Å². The van der Waals surface area contributed by atoms with Crippen LogP contribution in [-0.2, 0) is 9.59 Å². The molecule has 2 atom stereocenters. The third-order valence-electron chi connectivity index (χ3n) is 2.80. The van der Waals surface area contributed by atoms with Gasteiger partial charge in [0.2, 0.25) is 5.91 Å². The summed E-state index contributed by atoms with van der Waals surface area (Å²) < 4.78 is 0. The minimum absolute atomic E-state index is 0.127. The van der Waals surface area contributed by atoms with E-state index >= 15 is 0 Å². The van der Waals surface area contributed by atoms with Crippen LogP contribution < -0.4 is 5.73 Å². The number of fused-ring (bicyclic) bond motifs is 1. The first-order valence-electron chi connectivity index (χ1n) is 5.42. The molecular formula is C11H14N2O3S2. The van der Waals surface area contributed by atoms with Crippen molar-refractivity contribution >= 4 is 35.4 Å². The molecule has 0 bridgehead atoms. The highest BCUT2D eigenvalue weighted by atomic mass is 32.2. The number of carbonyl (C=O) groups excluding carboxylic acids is 1. The Morgan fingerprint density at radius 1 is 1.72 bits per heavy atom. The molecule has 2 rings (SSSR count). The van der Waals surface area contributed by atoms with Gasteiger partial charge in [0.25, 0.3) is 0 Å². The zero-order chi connectivity index (χ0) is 13.3. The Bertz CT molecular complexity index is 436. The second-order valence-corrected chi connectivity index (χ2v) is 6.13. The molecule has 1 amide bonds. The highest BCUT2D eigenvalue weighted by Gasteiger charge is 2.51. The zero-order valence-corrected chi connectivity index (χ0v) is 11.3. The molecule has 0 saturated carbocycles. The van der Waals surface area contributed by atoms with Gasteiger partial charge < -0.3 is 10.8 Å². The molecule has 5 nitrogen and oxygen atoms in total. The topological polar surface area (TPSA) is 83.6 Å². The number of amides is 1. The number of hydrogen-bond donors (Lipinski definition) is 2. The van der Waals surface area contributed by atoms with Crippen molar-refractivity contribution in [3.8, 4) is 0 Å². The van der Waals surface area contributed by atoms with E-state index in [2.05, 4.69) is 6.58 Å². The third kappa shape index (κ3) is 2.17. The molecule has 0 aromatic heterocycles. The van der Waals surface area contributed by atoms with Crippen molar-refractivity contribution in [2.45, 2.75) is 11.4 Å². The predicted octanol–water partition coefficient (Wildman–Crippen LogP) is 0.487. The van der Waals surface area contributed by atoms with Gasteiger partial charge in [-0.25, -0.2) is 4.79 Å². The smallest absolute Gasteiger partial charge is 0.352 e. The van der Waals surface area contributed by atoms with Gasteiger partial charge in [0.05, 0.1) is 0 Å². The first-order chi connectivity index (χ1) is 8.57. The van der Waals surface area contributed by atoms with Crippen LogP contribution in [-0.4, -0.2) is 50.6 Å². The molecule has 18 heavy (non-hydrogen) atoms. The van der Waals surface area contributed by atoms with Crippen LogP contribution in [0.1, 0.15) is 0 Å². The molecule has 1 unspecified atom stereocenters. The largest absolute Gasteiger partial charge is 0.477 e. The second-order valence-electron chi connectivity index (χ2n) is 4.00. The Hall–Kier alpha value is -0.920. The number of aliphatic carboxylic acids is 1. The van der Waals surface area contributed by atoms with Crippen LogP contribution in [0.3, 0.4) is 0 Å². The lowest BCUT2D eigenvalue weighted by Gasteiger charge is -2.48. The SMILES string of the molecule is C=CCSCC1=C(C(=O)O)N2C(=O)C(N)[C@H]2SC1. The summed E-state index contributed by atoms with van der Waals surface area (Å²) in [4.78, 5) is 24.3. The Morgan fingerprint density at radius 3 is 3.06 bits per heavy atom. The molecular weight excluding hydrogens is 272 g/mol. The maximum atomic E-state index is 11.7. The summed E-state index contributed by atoms with van der Waals surface area (Å²) in [6.07, 6.45) is 1.77. The molecule has 0 radical (unpaired) electrons. The normalized spacial score (nSPS) is 26.7. The Balaban J connectivity index is 2.20. The number of carboxylic acid groups (broad SMARTS) is 1. The summed E-state index contributed by atoms with van der Waals surface area (Å²) in [5.41, 5.74) is 6.57. The molecule has 3 N–H and O–H groups in total. The van der Waals surface area contributed by atoms with Gasteiger partial charge >= 0.3 is 5.97 Å². The number of nitrogens with two attached hydrogens (primary N) is 1. The quantitative estimate of drug-likeness (QED) is 0.435. The van der Waals surface area contributed by atoms with Gasteiger partial charge in [-0.2, -0.15) is 11.8 Å². The number of nitrogens with zero attached hydrogens (tertiary/aromatic N) is 1. The van der Waals surface area contributed by atoms with Crippen LogP contribution >= 0.6 is 23.5 Å². The van der Waals surface area contributed by atoms with Crippen LogP contribution in [0.15, 0.2) is 23.9 Å². The van der Waals surface area contributed by atoms with Crippen molar-refractivity contribution in [1.29, 1.82) is 0 Å². The molecule has 7 heteroatoms. The molecule has 2 heterocycles. The summed E-state index contributed by atoms with van der Waals surface area (Å²) in [6, 6.07) is -0.563.